The van der Waals surface area contributed by atoms with Crippen LogP contribution in [0.3, 0.4) is 0 Å². The fourth-order valence-corrected chi connectivity index (χ4v) is 7.77. The van der Waals surface area contributed by atoms with E-state index in [0.29, 0.717) is 80.3 Å². The summed E-state index contributed by atoms with van der Waals surface area (Å²) in [6.07, 6.45) is 21.2. The third-order valence-corrected chi connectivity index (χ3v) is 10.9. The molecule has 0 bridgehead atoms. The fourth-order valence-electron chi connectivity index (χ4n) is 7.77. The number of terminal acetylenes is 2. The Bertz CT molecular complexity index is 2100. The van der Waals surface area contributed by atoms with E-state index >= 15 is 4.39 Å². The normalized spacial score (nSPS) is 17.5. The van der Waals surface area contributed by atoms with Crippen molar-refractivity contribution in [3.63, 3.8) is 0 Å². The quantitative estimate of drug-likeness (QED) is 0.113. The van der Waals surface area contributed by atoms with Crippen LogP contribution < -0.4 is 25.1 Å². The maximum atomic E-state index is 16.3. The molecule has 3 aliphatic rings. The first-order valence-electron chi connectivity index (χ1n) is 19.6. The maximum Gasteiger partial charge on any atom is 0.349 e. The molecule has 56 heavy (non-hydrogen) atoms. The van der Waals surface area contributed by atoms with E-state index in [-0.39, 0.29) is 65.8 Å². The van der Waals surface area contributed by atoms with Gasteiger partial charge in [0.25, 0.3) is 0 Å². The average molecular weight is 770 g/mol. The summed E-state index contributed by atoms with van der Waals surface area (Å²) >= 11 is 0. The Morgan fingerprint density at radius 3 is 2.32 bits per heavy atom. The van der Waals surface area contributed by atoms with Crippen molar-refractivity contribution in [3.05, 3.63) is 56.9 Å². The molecule has 0 radical (unpaired) electrons. The van der Waals surface area contributed by atoms with E-state index in [0.717, 1.165) is 32.2 Å². The van der Waals surface area contributed by atoms with Gasteiger partial charge in [-0.1, -0.05) is 0 Å². The average Bonchev–Trinajstić information content (AvgIpc) is 3.95. The second-order valence-corrected chi connectivity index (χ2v) is 14.9. The van der Waals surface area contributed by atoms with Crippen LogP contribution in [-0.2, 0) is 32.3 Å². The van der Waals surface area contributed by atoms with Gasteiger partial charge in [-0.05, 0) is 64.4 Å². The van der Waals surface area contributed by atoms with Gasteiger partial charge in [-0.2, -0.15) is 0 Å². The van der Waals surface area contributed by atoms with Crippen LogP contribution in [0.1, 0.15) is 110 Å². The maximum absolute atomic E-state index is 16.3. The van der Waals surface area contributed by atoms with Crippen LogP contribution in [0.15, 0.2) is 23.3 Å². The number of quaternary nitrogens is 1. The van der Waals surface area contributed by atoms with Gasteiger partial charge in [0.2, 0.25) is 5.43 Å². The molecule has 13 heteroatoms. The largest absolute Gasteiger partial charge is 0.492 e. The van der Waals surface area contributed by atoms with Crippen LogP contribution in [0.25, 0.3) is 10.9 Å². The highest BCUT2D eigenvalue weighted by molar-refractivity contribution is 5.98. The molecule has 2 aliphatic heterocycles. The number of piperidine rings is 1. The van der Waals surface area contributed by atoms with E-state index in [2.05, 4.69) is 22.1 Å². The highest BCUT2D eigenvalue weighted by Crippen LogP contribution is 2.45. The van der Waals surface area contributed by atoms with Crippen molar-refractivity contribution < 1.29 is 43.0 Å². The number of hydrogen-bond donors (Lipinski definition) is 1. The van der Waals surface area contributed by atoms with Gasteiger partial charge in [0.05, 0.1) is 36.8 Å². The number of rotatable bonds is 17. The Morgan fingerprint density at radius 2 is 1.68 bits per heavy atom. The van der Waals surface area contributed by atoms with Gasteiger partial charge in [0.1, 0.15) is 30.5 Å². The number of methoxy groups -OCH3 is 1. The van der Waals surface area contributed by atoms with Gasteiger partial charge >= 0.3 is 17.9 Å². The smallest absolute Gasteiger partial charge is 0.349 e. The molecule has 2 saturated heterocycles. The number of halogens is 1. The summed E-state index contributed by atoms with van der Waals surface area (Å²) in [6.45, 7) is 3.46. The number of benzene rings is 1. The van der Waals surface area contributed by atoms with Crippen LogP contribution >= 0.6 is 0 Å². The zero-order chi connectivity index (χ0) is 39.8. The van der Waals surface area contributed by atoms with E-state index in [1.807, 2.05) is 9.47 Å². The van der Waals surface area contributed by atoms with Crippen LogP contribution in [0, 0.1) is 43.3 Å². The zero-order valence-corrected chi connectivity index (χ0v) is 32.2. The highest BCUT2D eigenvalue weighted by atomic mass is 19.1. The number of aromatic nitrogens is 2. The number of esters is 3. The minimum absolute atomic E-state index is 0.00405. The Morgan fingerprint density at radius 1 is 0.982 bits per heavy atom. The van der Waals surface area contributed by atoms with E-state index in [4.69, 9.17) is 31.8 Å². The molecule has 3 aromatic rings. The second-order valence-electron chi connectivity index (χ2n) is 14.9. The van der Waals surface area contributed by atoms with E-state index in [1.165, 1.54) is 25.6 Å². The molecule has 2 aromatic heterocycles. The molecular formula is C43H50FN4O8+. The lowest BCUT2D eigenvalue weighted by molar-refractivity contribution is -0.699. The minimum Gasteiger partial charge on any atom is -0.492 e. The van der Waals surface area contributed by atoms with E-state index < -0.39 is 29.2 Å². The number of aryl methyl sites for hydroxylation is 1. The summed E-state index contributed by atoms with van der Waals surface area (Å²) in [5, 5.41) is 2.34. The fraction of sp³-hybridized carbons (Fsp3) is 0.512. The number of carbonyl (C=O) groups is 3. The molecule has 6 rings (SSSR count). The molecule has 296 valence electrons. The van der Waals surface area contributed by atoms with Gasteiger partial charge in [0.15, 0.2) is 17.3 Å². The predicted octanol–water partition coefficient (Wildman–Crippen LogP) is 5.04. The first-order valence-corrected chi connectivity index (χ1v) is 19.6. The molecule has 1 saturated carbocycles. The minimum atomic E-state index is -0.997. The SMILES string of the molecule is C#CCCCCC(=O)OCc1cnc(C)c(OC(=O)c2cn(C3CC3)c3c(OC)c(N4CC5CCC[NH2+]C5C4)c(F)cc3c2=O)c1COC(=O)CCCCC#C. The molecule has 12 nitrogen and oxygen atoms in total. The predicted molar refractivity (Wildman–Crippen MR) is 207 cm³/mol. The van der Waals surface area contributed by atoms with Crippen molar-refractivity contribution in [1.29, 1.82) is 0 Å². The van der Waals surface area contributed by atoms with Crippen LogP contribution in [0.4, 0.5) is 10.1 Å². The third kappa shape index (κ3) is 9.17. The number of fused-ring (bicyclic) bond motifs is 2. The van der Waals surface area contributed by atoms with Gasteiger partial charge < -0.3 is 33.7 Å². The monoisotopic (exact) mass is 769 g/mol. The number of nitrogens with two attached hydrogens (primary N) is 1. The number of carbonyl (C=O) groups excluding carboxylic acids is 3. The molecule has 0 amide bonds. The van der Waals surface area contributed by atoms with Gasteiger partial charge in [0, 0.05) is 67.7 Å². The summed E-state index contributed by atoms with van der Waals surface area (Å²) in [6, 6.07) is 1.54. The zero-order valence-electron chi connectivity index (χ0n) is 32.2. The molecule has 2 atom stereocenters. The Kier molecular flexibility index (Phi) is 13.3. The molecular weight excluding hydrogens is 719 g/mol. The highest BCUT2D eigenvalue weighted by Gasteiger charge is 2.40. The van der Waals surface area contributed by atoms with Crippen molar-refractivity contribution in [1.82, 2.24) is 9.55 Å². The number of pyridine rings is 2. The summed E-state index contributed by atoms with van der Waals surface area (Å²) in [5.74, 6) is 3.20. The lowest BCUT2D eigenvalue weighted by Gasteiger charge is -2.24. The Labute approximate surface area is 326 Å². The molecule has 2 unspecified atom stereocenters. The van der Waals surface area contributed by atoms with Gasteiger partial charge in [-0.3, -0.25) is 19.4 Å². The van der Waals surface area contributed by atoms with Crippen molar-refractivity contribution in [2.24, 2.45) is 5.92 Å². The first-order chi connectivity index (χ1) is 27.1. The van der Waals surface area contributed by atoms with E-state index in [9.17, 15) is 19.2 Å². The number of nitrogens with zero attached hydrogens (tertiary/aromatic N) is 3. The second kappa shape index (κ2) is 18.5. The Balaban J connectivity index is 1.32. The molecule has 3 fully saturated rings. The summed E-state index contributed by atoms with van der Waals surface area (Å²) in [7, 11) is 1.47. The molecule has 1 aliphatic carbocycles. The topological polar surface area (TPSA) is 143 Å². The first kappa shape index (κ1) is 40.3. The summed E-state index contributed by atoms with van der Waals surface area (Å²) < 4.78 is 41.1. The Hall–Kier alpha value is -5.40. The van der Waals surface area contributed by atoms with E-state index in [1.54, 1.807) is 6.92 Å². The summed E-state index contributed by atoms with van der Waals surface area (Å²) in [5.41, 5.74) is 0.619. The van der Waals surface area contributed by atoms with Crippen LogP contribution in [0.5, 0.6) is 11.5 Å². The molecule has 4 heterocycles. The number of anilines is 1. The number of ether oxygens (including phenoxy) is 4. The van der Waals surface area contributed by atoms with Crippen molar-refractivity contribution in [2.75, 3.05) is 31.6 Å². The number of unbranched alkanes of at least 4 members (excludes halogenated alkanes) is 4. The molecule has 1 aromatic carbocycles. The molecule has 0 spiro atoms. The van der Waals surface area contributed by atoms with Crippen LogP contribution in [0.2, 0.25) is 0 Å². The van der Waals surface area contributed by atoms with Crippen LogP contribution in [-0.4, -0.2) is 60.2 Å². The van der Waals surface area contributed by atoms with Gasteiger partial charge in [-0.15, -0.1) is 24.7 Å². The molecule has 2 N–H and O–H groups in total. The lowest BCUT2D eigenvalue weighted by Crippen LogP contribution is -2.93. The lowest BCUT2D eigenvalue weighted by atomic mass is 9.94. The van der Waals surface area contributed by atoms with Crippen molar-refractivity contribution >= 4 is 34.5 Å². The standard InChI is InChI=1S/C43H49FN4O8/c1-5-7-9-11-15-36(49)54-25-29-21-46-27(3)41(33(29)26-55-37(50)16-12-10-8-6-2)56-43(52)32-23-48(30-17-18-30)38-31(40(32)51)20-34(44)39(42(38)53-4)47-22-28-14-13-19-45-35(28)24-47/h1-2,20-21,23,28,30,35,45H,7-19,22,24-26H2,3-4H3/p+1. The number of hydrogen-bond acceptors (Lipinski definition) is 10. The third-order valence-electron chi connectivity index (χ3n) is 10.9. The van der Waals surface area contributed by atoms with Gasteiger partial charge in [-0.25, -0.2) is 9.18 Å². The van der Waals surface area contributed by atoms with Crippen molar-refractivity contribution in [3.8, 4) is 36.2 Å². The summed E-state index contributed by atoms with van der Waals surface area (Å²) in [4.78, 5) is 60.0. The van der Waals surface area contributed by atoms with Crippen molar-refractivity contribution in [2.45, 2.75) is 109 Å².